The molecular weight excluding hydrogens is 320 g/mol. The Morgan fingerprint density at radius 3 is 2.41 bits per heavy atom. The van der Waals surface area contributed by atoms with Crippen LogP contribution in [0.1, 0.15) is 32.5 Å². The Balaban J connectivity index is 0.00000242. The van der Waals surface area contributed by atoms with Crippen LogP contribution in [0, 0.1) is 0 Å². The van der Waals surface area contributed by atoms with Gasteiger partial charge in [0.2, 0.25) is 5.78 Å². The van der Waals surface area contributed by atoms with Crippen LogP contribution in [0.4, 0.5) is 0 Å². The number of thiophene rings is 1. The van der Waals surface area contributed by atoms with Gasteiger partial charge in [-0.3, -0.25) is 9.59 Å². The summed E-state index contributed by atoms with van der Waals surface area (Å²) >= 11 is 1.38. The number of carbonyl (C=O) groups is 2. The molecule has 1 aromatic heterocycles. The van der Waals surface area contributed by atoms with E-state index in [0.717, 1.165) is 0 Å². The summed E-state index contributed by atoms with van der Waals surface area (Å²) in [5, 5.41) is 7.74. The molecule has 118 valence electrons. The average molecular weight is 339 g/mol. The number of ketones is 1. The number of nitrogens with one attached hydrogen (secondary N) is 2. The van der Waals surface area contributed by atoms with Gasteiger partial charge in [-0.2, -0.15) is 0 Å². The highest BCUT2D eigenvalue weighted by Gasteiger charge is 2.18. The van der Waals surface area contributed by atoms with E-state index in [1.807, 2.05) is 25.4 Å². The summed E-state index contributed by atoms with van der Waals surface area (Å²) < 4.78 is 0. The van der Waals surface area contributed by atoms with Gasteiger partial charge in [-0.1, -0.05) is 24.3 Å². The van der Waals surface area contributed by atoms with Crippen molar-refractivity contribution in [3.05, 3.63) is 57.8 Å². The van der Waals surface area contributed by atoms with Crippen molar-refractivity contribution in [1.29, 1.82) is 0 Å². The number of amides is 1. The molecule has 0 saturated heterocycles. The summed E-state index contributed by atoms with van der Waals surface area (Å²) in [6.45, 7) is 2.49. The van der Waals surface area contributed by atoms with E-state index in [0.29, 0.717) is 22.5 Å². The molecule has 2 aromatic rings. The minimum atomic E-state index is -0.224. The van der Waals surface area contributed by atoms with Crippen LogP contribution >= 0.6 is 23.7 Å². The van der Waals surface area contributed by atoms with E-state index in [1.165, 1.54) is 11.3 Å². The molecule has 2 rings (SSSR count). The van der Waals surface area contributed by atoms with Crippen molar-refractivity contribution in [1.82, 2.24) is 10.6 Å². The Bertz CT molecular complexity index is 629. The second-order valence-electron chi connectivity index (χ2n) is 4.75. The van der Waals surface area contributed by atoms with Crippen LogP contribution in [-0.4, -0.2) is 31.3 Å². The Morgan fingerprint density at radius 2 is 1.82 bits per heavy atom. The second kappa shape index (κ2) is 8.68. The molecule has 4 nitrogen and oxygen atoms in total. The number of likely N-dealkylation sites (N-methyl/N-ethyl adjacent to an activating group) is 1. The Labute approximate surface area is 140 Å². The first-order valence-electron chi connectivity index (χ1n) is 6.76. The number of halogens is 1. The molecule has 2 N–H and O–H groups in total. The first-order valence-corrected chi connectivity index (χ1v) is 7.64. The van der Waals surface area contributed by atoms with Crippen molar-refractivity contribution < 1.29 is 9.59 Å². The molecule has 0 aliphatic rings. The lowest BCUT2D eigenvalue weighted by atomic mass is 10.0. The largest absolute Gasteiger partial charge is 0.350 e. The molecule has 1 atom stereocenters. The van der Waals surface area contributed by atoms with E-state index in [9.17, 15) is 9.59 Å². The molecule has 1 heterocycles. The average Bonchev–Trinajstić information content (AvgIpc) is 3.05. The lowest BCUT2D eigenvalue weighted by Gasteiger charge is -2.13. The number of hydrogen-bond donors (Lipinski definition) is 2. The van der Waals surface area contributed by atoms with Crippen molar-refractivity contribution in [3.63, 3.8) is 0 Å². The van der Waals surface area contributed by atoms with Gasteiger partial charge in [0.1, 0.15) is 0 Å². The summed E-state index contributed by atoms with van der Waals surface area (Å²) in [5.74, 6) is -0.338. The molecule has 1 unspecified atom stereocenters. The van der Waals surface area contributed by atoms with Gasteiger partial charge < -0.3 is 10.6 Å². The van der Waals surface area contributed by atoms with Gasteiger partial charge in [-0.25, -0.2) is 0 Å². The molecule has 0 spiro atoms. The zero-order chi connectivity index (χ0) is 15.2. The van der Waals surface area contributed by atoms with Gasteiger partial charge >= 0.3 is 0 Å². The van der Waals surface area contributed by atoms with Gasteiger partial charge in [0.25, 0.3) is 5.91 Å². The van der Waals surface area contributed by atoms with E-state index in [4.69, 9.17) is 0 Å². The van der Waals surface area contributed by atoms with Crippen LogP contribution in [-0.2, 0) is 0 Å². The second-order valence-corrected chi connectivity index (χ2v) is 5.70. The van der Waals surface area contributed by atoms with Crippen LogP contribution in [0.25, 0.3) is 0 Å². The standard InChI is InChI=1S/C16H18N2O2S.ClH/c1-11(17-2)10-18-16(20)13-7-4-3-6-12(13)15(19)14-8-5-9-21-14;/h3-9,11,17H,10H2,1-2H3,(H,18,20);1H. The number of rotatable bonds is 6. The molecule has 0 saturated carbocycles. The van der Waals surface area contributed by atoms with Crippen molar-refractivity contribution in [2.75, 3.05) is 13.6 Å². The molecule has 22 heavy (non-hydrogen) atoms. The quantitative estimate of drug-likeness (QED) is 0.796. The van der Waals surface area contributed by atoms with Gasteiger partial charge in [-0.15, -0.1) is 23.7 Å². The van der Waals surface area contributed by atoms with Crippen molar-refractivity contribution in [2.24, 2.45) is 0 Å². The zero-order valence-electron chi connectivity index (χ0n) is 12.5. The summed E-state index contributed by atoms with van der Waals surface area (Å²) in [6, 6.07) is 10.7. The van der Waals surface area contributed by atoms with Gasteiger partial charge in [0.15, 0.2) is 0 Å². The van der Waals surface area contributed by atoms with Gasteiger partial charge in [0.05, 0.1) is 10.4 Å². The highest BCUT2D eigenvalue weighted by molar-refractivity contribution is 7.12. The SMILES string of the molecule is CNC(C)CNC(=O)c1ccccc1C(=O)c1cccs1.Cl. The van der Waals surface area contributed by atoms with Crippen LogP contribution < -0.4 is 10.6 Å². The monoisotopic (exact) mass is 338 g/mol. The number of hydrogen-bond acceptors (Lipinski definition) is 4. The van der Waals surface area contributed by atoms with E-state index in [1.54, 1.807) is 30.3 Å². The maximum atomic E-state index is 12.4. The maximum Gasteiger partial charge on any atom is 0.252 e. The highest BCUT2D eigenvalue weighted by atomic mass is 35.5. The Morgan fingerprint density at radius 1 is 1.14 bits per heavy atom. The fourth-order valence-electron chi connectivity index (χ4n) is 1.86. The smallest absolute Gasteiger partial charge is 0.252 e. The molecule has 0 fully saturated rings. The third-order valence-electron chi connectivity index (χ3n) is 3.22. The molecular formula is C16H19ClN2O2S. The summed E-state index contributed by atoms with van der Waals surface area (Å²) in [6.07, 6.45) is 0. The van der Waals surface area contributed by atoms with Crippen molar-refractivity contribution in [2.45, 2.75) is 13.0 Å². The predicted molar refractivity (Wildman–Crippen MR) is 92.3 cm³/mol. The minimum Gasteiger partial charge on any atom is -0.350 e. The zero-order valence-corrected chi connectivity index (χ0v) is 14.1. The first-order chi connectivity index (χ1) is 10.1. The van der Waals surface area contributed by atoms with Crippen LogP contribution in [0.2, 0.25) is 0 Å². The molecule has 0 radical (unpaired) electrons. The Hall–Kier alpha value is -1.69. The lowest BCUT2D eigenvalue weighted by molar-refractivity contribution is 0.0940. The summed E-state index contributed by atoms with van der Waals surface area (Å²) in [7, 11) is 1.84. The molecule has 1 amide bonds. The fourth-order valence-corrected chi connectivity index (χ4v) is 2.54. The third-order valence-corrected chi connectivity index (χ3v) is 4.09. The van der Waals surface area contributed by atoms with E-state index in [-0.39, 0.29) is 30.1 Å². The molecule has 0 bridgehead atoms. The summed E-state index contributed by atoms with van der Waals surface area (Å²) in [4.78, 5) is 25.4. The van der Waals surface area contributed by atoms with Crippen LogP contribution in [0.15, 0.2) is 41.8 Å². The molecule has 0 aliphatic heterocycles. The fraction of sp³-hybridized carbons (Fsp3) is 0.250. The van der Waals surface area contributed by atoms with E-state index < -0.39 is 0 Å². The van der Waals surface area contributed by atoms with E-state index >= 15 is 0 Å². The van der Waals surface area contributed by atoms with Crippen LogP contribution in [0.3, 0.4) is 0 Å². The maximum absolute atomic E-state index is 12.4. The minimum absolute atomic E-state index is 0. The highest BCUT2D eigenvalue weighted by Crippen LogP contribution is 2.18. The van der Waals surface area contributed by atoms with Gasteiger partial charge in [0, 0.05) is 18.2 Å². The number of benzene rings is 1. The number of carbonyl (C=O) groups excluding carboxylic acids is 2. The van der Waals surface area contributed by atoms with Gasteiger partial charge in [-0.05, 0) is 31.5 Å². The normalized spacial score (nSPS) is 11.4. The molecule has 0 aliphatic carbocycles. The lowest BCUT2D eigenvalue weighted by Crippen LogP contribution is -2.37. The van der Waals surface area contributed by atoms with E-state index in [2.05, 4.69) is 10.6 Å². The third kappa shape index (κ3) is 4.40. The summed E-state index contributed by atoms with van der Waals surface area (Å²) in [5.41, 5.74) is 0.855. The topological polar surface area (TPSA) is 58.2 Å². The molecule has 1 aromatic carbocycles. The van der Waals surface area contributed by atoms with Crippen LogP contribution in [0.5, 0.6) is 0 Å². The van der Waals surface area contributed by atoms with Crippen molar-refractivity contribution in [3.8, 4) is 0 Å². The molecule has 6 heteroatoms. The van der Waals surface area contributed by atoms with Crippen molar-refractivity contribution >= 4 is 35.4 Å². The first kappa shape index (κ1) is 18.4. The predicted octanol–water partition coefficient (Wildman–Crippen LogP) is 2.74. The Kier molecular flexibility index (Phi) is 7.24.